The van der Waals surface area contributed by atoms with E-state index in [-0.39, 0.29) is 18.3 Å². The highest BCUT2D eigenvalue weighted by Crippen LogP contribution is 2.24. The highest BCUT2D eigenvalue weighted by Gasteiger charge is 2.20. The third-order valence-electron chi connectivity index (χ3n) is 2.53. The second-order valence-corrected chi connectivity index (χ2v) is 6.78. The molecule has 0 radical (unpaired) electrons. The van der Waals surface area contributed by atoms with Crippen molar-refractivity contribution < 1.29 is 14.3 Å². The highest BCUT2D eigenvalue weighted by molar-refractivity contribution is 7.99. The topological polar surface area (TPSA) is 43.4 Å². The van der Waals surface area contributed by atoms with Crippen molar-refractivity contribution in [1.82, 2.24) is 0 Å². The van der Waals surface area contributed by atoms with Gasteiger partial charge in [0.05, 0.1) is 0 Å². The number of benzene rings is 1. The van der Waals surface area contributed by atoms with Crippen molar-refractivity contribution >= 4 is 24.0 Å². The number of hydrogen-bond acceptors (Lipinski definition) is 4. The maximum Gasteiger partial charge on any atom is 0.306 e. The molecule has 1 atom stereocenters. The molecule has 4 heteroatoms. The van der Waals surface area contributed by atoms with Gasteiger partial charge in [0.15, 0.2) is 0 Å². The van der Waals surface area contributed by atoms with Crippen LogP contribution in [0.3, 0.4) is 0 Å². The van der Waals surface area contributed by atoms with E-state index < -0.39 is 5.60 Å². The molecule has 110 valence electrons. The quantitative estimate of drug-likeness (QED) is 0.437. The van der Waals surface area contributed by atoms with Crippen LogP contribution in [0, 0.1) is 5.92 Å². The van der Waals surface area contributed by atoms with Crippen molar-refractivity contribution in [2.45, 2.75) is 44.1 Å². The van der Waals surface area contributed by atoms with Gasteiger partial charge in [-0.1, -0.05) is 18.2 Å². The number of thioether (sulfide) groups is 1. The molecule has 0 aliphatic heterocycles. The predicted octanol–water partition coefficient (Wildman–Crippen LogP) is 3.72. The third kappa shape index (κ3) is 7.34. The molecular formula is C16H22O3S. The second kappa shape index (κ2) is 8.10. The standard InChI is InChI=1S/C16H22O3S/c1-16(2,3)19-15(18)11-13(9-10-17)12-20-14-7-5-4-6-8-14/h4-8,10,13H,9,11-12H2,1-3H3/t13-/m0/s1. The fourth-order valence-corrected chi connectivity index (χ4v) is 2.73. The summed E-state index contributed by atoms with van der Waals surface area (Å²) in [5.74, 6) is 0.521. The number of ether oxygens (including phenoxy) is 1. The lowest BCUT2D eigenvalue weighted by Gasteiger charge is -2.21. The van der Waals surface area contributed by atoms with Gasteiger partial charge in [-0.05, 0) is 38.8 Å². The van der Waals surface area contributed by atoms with Crippen molar-refractivity contribution in [2.24, 2.45) is 5.92 Å². The van der Waals surface area contributed by atoms with Crippen LogP contribution in [0.2, 0.25) is 0 Å². The van der Waals surface area contributed by atoms with E-state index in [0.717, 1.165) is 16.9 Å². The number of rotatable bonds is 7. The minimum Gasteiger partial charge on any atom is -0.460 e. The van der Waals surface area contributed by atoms with Gasteiger partial charge in [0.1, 0.15) is 11.9 Å². The van der Waals surface area contributed by atoms with Crippen molar-refractivity contribution in [3.8, 4) is 0 Å². The number of carbonyl (C=O) groups excluding carboxylic acids is 2. The molecule has 1 aromatic carbocycles. The van der Waals surface area contributed by atoms with Gasteiger partial charge in [-0.25, -0.2) is 0 Å². The Morgan fingerprint density at radius 3 is 2.50 bits per heavy atom. The Balaban J connectivity index is 2.48. The molecule has 20 heavy (non-hydrogen) atoms. The number of esters is 1. The van der Waals surface area contributed by atoms with Crippen LogP contribution in [0.1, 0.15) is 33.6 Å². The molecule has 0 fully saturated rings. The lowest BCUT2D eigenvalue weighted by molar-refractivity contribution is -0.155. The molecule has 0 saturated heterocycles. The summed E-state index contributed by atoms with van der Waals surface area (Å²) in [6.45, 7) is 5.54. The van der Waals surface area contributed by atoms with Crippen LogP contribution in [-0.2, 0) is 14.3 Å². The summed E-state index contributed by atoms with van der Waals surface area (Å²) in [4.78, 5) is 23.7. The molecule has 0 unspecified atom stereocenters. The Morgan fingerprint density at radius 2 is 1.95 bits per heavy atom. The molecule has 0 bridgehead atoms. The van der Waals surface area contributed by atoms with Gasteiger partial charge >= 0.3 is 5.97 Å². The van der Waals surface area contributed by atoms with Gasteiger partial charge in [-0.2, -0.15) is 0 Å². The Kier molecular flexibility index (Phi) is 6.79. The fraction of sp³-hybridized carbons (Fsp3) is 0.500. The first-order valence-electron chi connectivity index (χ1n) is 6.74. The Labute approximate surface area is 125 Å². The molecule has 0 aliphatic rings. The van der Waals surface area contributed by atoms with Gasteiger partial charge in [0.2, 0.25) is 0 Å². The molecule has 1 rings (SSSR count). The van der Waals surface area contributed by atoms with E-state index in [2.05, 4.69) is 0 Å². The van der Waals surface area contributed by atoms with Crippen molar-refractivity contribution in [3.63, 3.8) is 0 Å². The van der Waals surface area contributed by atoms with Crippen LogP contribution >= 0.6 is 11.8 Å². The average Bonchev–Trinajstić information content (AvgIpc) is 2.35. The summed E-state index contributed by atoms with van der Waals surface area (Å²) >= 11 is 1.66. The van der Waals surface area contributed by atoms with E-state index in [4.69, 9.17) is 4.74 Å². The molecule has 0 N–H and O–H groups in total. The molecule has 0 spiro atoms. The van der Waals surface area contributed by atoms with E-state index in [1.807, 2.05) is 51.1 Å². The number of hydrogen-bond donors (Lipinski definition) is 0. The van der Waals surface area contributed by atoms with Crippen LogP contribution in [0.4, 0.5) is 0 Å². The van der Waals surface area contributed by atoms with Crippen LogP contribution in [0.5, 0.6) is 0 Å². The maximum absolute atomic E-state index is 11.8. The monoisotopic (exact) mass is 294 g/mol. The molecule has 0 heterocycles. The Bertz CT molecular complexity index is 423. The van der Waals surface area contributed by atoms with Crippen molar-refractivity contribution in [1.29, 1.82) is 0 Å². The summed E-state index contributed by atoms with van der Waals surface area (Å²) in [6, 6.07) is 9.97. The first kappa shape index (κ1) is 16.8. The zero-order chi connectivity index (χ0) is 15.0. The van der Waals surface area contributed by atoms with E-state index in [0.29, 0.717) is 6.42 Å². The summed E-state index contributed by atoms with van der Waals surface area (Å²) < 4.78 is 5.30. The van der Waals surface area contributed by atoms with Gasteiger partial charge in [0.25, 0.3) is 0 Å². The summed E-state index contributed by atoms with van der Waals surface area (Å²) in [7, 11) is 0. The predicted molar refractivity (Wildman–Crippen MR) is 81.8 cm³/mol. The second-order valence-electron chi connectivity index (χ2n) is 5.68. The van der Waals surface area contributed by atoms with Crippen LogP contribution < -0.4 is 0 Å². The number of carbonyl (C=O) groups is 2. The molecule has 0 saturated carbocycles. The van der Waals surface area contributed by atoms with E-state index in [1.165, 1.54) is 0 Å². The minimum absolute atomic E-state index is 0.0209. The average molecular weight is 294 g/mol. The normalized spacial score (nSPS) is 12.8. The van der Waals surface area contributed by atoms with Crippen LogP contribution in [0.15, 0.2) is 35.2 Å². The van der Waals surface area contributed by atoms with E-state index in [9.17, 15) is 9.59 Å². The van der Waals surface area contributed by atoms with Crippen molar-refractivity contribution in [3.05, 3.63) is 30.3 Å². The summed E-state index contributed by atoms with van der Waals surface area (Å²) in [6.07, 6.45) is 1.55. The van der Waals surface area contributed by atoms with Gasteiger partial charge < -0.3 is 9.53 Å². The number of aldehydes is 1. The zero-order valence-electron chi connectivity index (χ0n) is 12.3. The zero-order valence-corrected chi connectivity index (χ0v) is 13.1. The lowest BCUT2D eigenvalue weighted by Crippen LogP contribution is -2.25. The third-order valence-corrected chi connectivity index (χ3v) is 3.78. The summed E-state index contributed by atoms with van der Waals surface area (Å²) in [5, 5.41) is 0. The molecule has 0 aromatic heterocycles. The molecule has 3 nitrogen and oxygen atoms in total. The molecule has 0 aliphatic carbocycles. The Hall–Kier alpha value is -1.29. The first-order chi connectivity index (χ1) is 9.40. The van der Waals surface area contributed by atoms with E-state index >= 15 is 0 Å². The van der Waals surface area contributed by atoms with Crippen LogP contribution in [0.25, 0.3) is 0 Å². The molecular weight excluding hydrogens is 272 g/mol. The van der Waals surface area contributed by atoms with Gasteiger partial charge in [-0.3, -0.25) is 4.79 Å². The first-order valence-corrected chi connectivity index (χ1v) is 7.72. The maximum atomic E-state index is 11.8. The molecule has 1 aromatic rings. The van der Waals surface area contributed by atoms with Gasteiger partial charge in [0, 0.05) is 23.5 Å². The summed E-state index contributed by atoms with van der Waals surface area (Å²) in [5.41, 5.74) is -0.477. The smallest absolute Gasteiger partial charge is 0.306 e. The van der Waals surface area contributed by atoms with Crippen LogP contribution in [-0.4, -0.2) is 23.6 Å². The highest BCUT2D eigenvalue weighted by atomic mass is 32.2. The molecule has 0 amide bonds. The lowest BCUT2D eigenvalue weighted by atomic mass is 10.0. The van der Waals surface area contributed by atoms with Gasteiger partial charge in [-0.15, -0.1) is 11.8 Å². The van der Waals surface area contributed by atoms with E-state index in [1.54, 1.807) is 11.8 Å². The largest absolute Gasteiger partial charge is 0.460 e. The Morgan fingerprint density at radius 1 is 1.30 bits per heavy atom. The van der Waals surface area contributed by atoms with Crippen molar-refractivity contribution in [2.75, 3.05) is 5.75 Å². The minimum atomic E-state index is -0.477. The SMILES string of the molecule is CC(C)(C)OC(=O)C[C@H](CC=O)CSc1ccccc1. The fourth-order valence-electron chi connectivity index (χ4n) is 1.70.